The zero-order chi connectivity index (χ0) is 13.1. The van der Waals surface area contributed by atoms with Crippen LogP contribution in [0.4, 0.5) is 5.69 Å². The number of carbonyl (C=O) groups is 1. The van der Waals surface area contributed by atoms with Gasteiger partial charge in [-0.15, -0.1) is 0 Å². The molecule has 1 fully saturated rings. The van der Waals surface area contributed by atoms with E-state index < -0.39 is 0 Å². The van der Waals surface area contributed by atoms with Gasteiger partial charge in [-0.25, -0.2) is 0 Å². The maximum absolute atomic E-state index is 12.7. The molecule has 0 spiro atoms. The first-order chi connectivity index (χ1) is 9.36. The molecule has 3 rings (SSSR count). The Morgan fingerprint density at radius 1 is 1.16 bits per heavy atom. The van der Waals surface area contributed by atoms with E-state index in [0.29, 0.717) is 5.91 Å². The third-order valence-electron chi connectivity index (χ3n) is 4.20. The highest BCUT2D eigenvalue weighted by Crippen LogP contribution is 2.29. The van der Waals surface area contributed by atoms with Gasteiger partial charge in [-0.2, -0.15) is 0 Å². The summed E-state index contributed by atoms with van der Waals surface area (Å²) in [6.07, 6.45) is 5.11. The zero-order valence-corrected chi connectivity index (χ0v) is 11.3. The zero-order valence-electron chi connectivity index (χ0n) is 11.3. The summed E-state index contributed by atoms with van der Waals surface area (Å²) < 4.78 is 5.36. The summed E-state index contributed by atoms with van der Waals surface area (Å²) in [5.41, 5.74) is 2.46. The summed E-state index contributed by atoms with van der Waals surface area (Å²) in [4.78, 5) is 14.8. The van der Waals surface area contributed by atoms with Crippen LogP contribution in [0.25, 0.3) is 0 Å². The van der Waals surface area contributed by atoms with Crippen LogP contribution >= 0.6 is 0 Å². The third-order valence-corrected chi connectivity index (χ3v) is 4.20. The van der Waals surface area contributed by atoms with Gasteiger partial charge in [-0.05, 0) is 43.7 Å². The second-order valence-corrected chi connectivity index (χ2v) is 5.46. The summed E-state index contributed by atoms with van der Waals surface area (Å²) in [5, 5.41) is 0. The van der Waals surface area contributed by atoms with Gasteiger partial charge >= 0.3 is 0 Å². The minimum Gasteiger partial charge on any atom is -0.381 e. The highest BCUT2D eigenvalue weighted by Gasteiger charge is 2.28. The molecule has 19 heavy (non-hydrogen) atoms. The molecule has 0 N–H and O–H groups in total. The van der Waals surface area contributed by atoms with Crippen molar-refractivity contribution in [2.75, 3.05) is 24.7 Å². The number of fused-ring (bicyclic) bond motifs is 1. The number of amides is 1. The van der Waals surface area contributed by atoms with Crippen molar-refractivity contribution in [3.63, 3.8) is 0 Å². The van der Waals surface area contributed by atoms with Crippen LogP contribution in [0.15, 0.2) is 24.3 Å². The molecule has 102 valence electrons. The molecule has 1 aromatic rings. The van der Waals surface area contributed by atoms with Crippen molar-refractivity contribution < 1.29 is 9.53 Å². The van der Waals surface area contributed by atoms with E-state index in [1.165, 1.54) is 12.0 Å². The average molecular weight is 259 g/mol. The number of hydrogen-bond acceptors (Lipinski definition) is 2. The number of aryl methyl sites for hydroxylation is 1. The van der Waals surface area contributed by atoms with Gasteiger partial charge in [0.15, 0.2) is 0 Å². The van der Waals surface area contributed by atoms with Crippen LogP contribution < -0.4 is 4.90 Å². The van der Waals surface area contributed by atoms with Crippen LogP contribution in [0.1, 0.15) is 31.2 Å². The molecule has 0 aromatic heterocycles. The molecule has 0 saturated carbocycles. The molecular formula is C16H21NO2. The highest BCUT2D eigenvalue weighted by atomic mass is 16.5. The Morgan fingerprint density at radius 2 is 1.95 bits per heavy atom. The normalized spacial score (nSPS) is 20.7. The van der Waals surface area contributed by atoms with E-state index in [-0.39, 0.29) is 5.92 Å². The van der Waals surface area contributed by atoms with Crippen molar-refractivity contribution >= 4 is 11.6 Å². The summed E-state index contributed by atoms with van der Waals surface area (Å²) in [6.45, 7) is 2.32. The predicted octanol–water partition coefficient (Wildman–Crippen LogP) is 2.78. The molecule has 1 amide bonds. The fourth-order valence-corrected chi connectivity index (χ4v) is 3.09. The number of carbonyl (C=O) groups excluding carboxylic acids is 1. The van der Waals surface area contributed by atoms with Crippen molar-refractivity contribution in [3.8, 4) is 0 Å². The van der Waals surface area contributed by atoms with Gasteiger partial charge in [0.25, 0.3) is 0 Å². The molecule has 3 heteroatoms. The predicted molar refractivity (Wildman–Crippen MR) is 75.3 cm³/mol. The number of rotatable bonds is 1. The lowest BCUT2D eigenvalue weighted by Crippen LogP contribution is -2.39. The molecule has 0 bridgehead atoms. The molecule has 1 aromatic carbocycles. The first-order valence-electron chi connectivity index (χ1n) is 7.33. The Balaban J connectivity index is 1.84. The van der Waals surface area contributed by atoms with E-state index in [2.05, 4.69) is 18.2 Å². The van der Waals surface area contributed by atoms with Crippen molar-refractivity contribution in [3.05, 3.63) is 29.8 Å². The van der Waals surface area contributed by atoms with Crippen LogP contribution in [-0.4, -0.2) is 25.7 Å². The van der Waals surface area contributed by atoms with E-state index in [1.54, 1.807) is 0 Å². The second-order valence-electron chi connectivity index (χ2n) is 5.46. The Bertz CT molecular complexity index is 452. The van der Waals surface area contributed by atoms with Crippen LogP contribution in [0, 0.1) is 5.92 Å². The number of anilines is 1. The first kappa shape index (κ1) is 12.7. The molecular weight excluding hydrogens is 238 g/mol. The molecule has 0 atom stereocenters. The minimum atomic E-state index is 0.153. The van der Waals surface area contributed by atoms with Gasteiger partial charge in [0.05, 0.1) is 0 Å². The van der Waals surface area contributed by atoms with Crippen molar-refractivity contribution in [1.82, 2.24) is 0 Å². The van der Waals surface area contributed by atoms with E-state index in [1.807, 2.05) is 11.0 Å². The van der Waals surface area contributed by atoms with Crippen LogP contribution in [-0.2, 0) is 16.0 Å². The maximum atomic E-state index is 12.7. The molecule has 2 aliphatic rings. The number of para-hydroxylation sites is 1. The Kier molecular flexibility index (Phi) is 3.83. The molecule has 2 aliphatic heterocycles. The largest absolute Gasteiger partial charge is 0.381 e. The Labute approximate surface area is 114 Å². The quantitative estimate of drug-likeness (QED) is 0.776. The number of benzene rings is 1. The lowest BCUT2D eigenvalue weighted by Gasteiger charge is -2.29. The molecule has 2 heterocycles. The van der Waals surface area contributed by atoms with Gasteiger partial charge in [0.1, 0.15) is 0 Å². The number of nitrogens with zero attached hydrogens (tertiary/aromatic N) is 1. The lowest BCUT2D eigenvalue weighted by molar-refractivity contribution is -0.125. The fourth-order valence-electron chi connectivity index (χ4n) is 3.09. The summed E-state index contributed by atoms with van der Waals surface area (Å²) in [5.74, 6) is 0.456. The third kappa shape index (κ3) is 2.66. The summed E-state index contributed by atoms with van der Waals surface area (Å²) in [7, 11) is 0. The van der Waals surface area contributed by atoms with E-state index in [0.717, 1.165) is 51.1 Å². The van der Waals surface area contributed by atoms with Crippen molar-refractivity contribution in [2.24, 2.45) is 5.92 Å². The molecule has 1 saturated heterocycles. The molecule has 3 nitrogen and oxygen atoms in total. The first-order valence-corrected chi connectivity index (χ1v) is 7.33. The SMILES string of the molecule is O=C(C1CCOCC1)N1CCCCc2ccccc21. The van der Waals surface area contributed by atoms with Gasteiger partial charge < -0.3 is 9.64 Å². The smallest absolute Gasteiger partial charge is 0.230 e. The van der Waals surface area contributed by atoms with Crippen molar-refractivity contribution in [1.29, 1.82) is 0 Å². The van der Waals surface area contributed by atoms with E-state index >= 15 is 0 Å². The average Bonchev–Trinajstić information content (AvgIpc) is 2.70. The van der Waals surface area contributed by atoms with Gasteiger partial charge in [0, 0.05) is 31.4 Å². The lowest BCUT2D eigenvalue weighted by atomic mass is 9.98. The van der Waals surface area contributed by atoms with Gasteiger partial charge in [-0.3, -0.25) is 4.79 Å². The number of hydrogen-bond donors (Lipinski definition) is 0. The van der Waals surface area contributed by atoms with Gasteiger partial charge in [-0.1, -0.05) is 18.2 Å². The molecule has 0 aliphatic carbocycles. The summed E-state index contributed by atoms with van der Waals surface area (Å²) in [6, 6.07) is 8.36. The maximum Gasteiger partial charge on any atom is 0.230 e. The van der Waals surface area contributed by atoms with Gasteiger partial charge in [0.2, 0.25) is 5.91 Å². The van der Waals surface area contributed by atoms with E-state index in [9.17, 15) is 4.79 Å². The second kappa shape index (κ2) is 5.74. The minimum absolute atomic E-state index is 0.153. The standard InChI is InChI=1S/C16H21NO2/c18-16(14-8-11-19-12-9-14)17-10-4-3-6-13-5-1-2-7-15(13)17/h1-2,5,7,14H,3-4,6,8-12H2. The van der Waals surface area contributed by atoms with Crippen LogP contribution in [0.5, 0.6) is 0 Å². The number of ether oxygens (including phenoxy) is 1. The fraction of sp³-hybridized carbons (Fsp3) is 0.562. The summed E-state index contributed by atoms with van der Waals surface area (Å²) >= 11 is 0. The highest BCUT2D eigenvalue weighted by molar-refractivity contribution is 5.96. The Morgan fingerprint density at radius 3 is 2.79 bits per heavy atom. The Hall–Kier alpha value is -1.35. The molecule has 0 radical (unpaired) electrons. The topological polar surface area (TPSA) is 29.5 Å². The monoisotopic (exact) mass is 259 g/mol. The van der Waals surface area contributed by atoms with E-state index in [4.69, 9.17) is 4.74 Å². The van der Waals surface area contributed by atoms with Crippen LogP contribution in [0.2, 0.25) is 0 Å². The van der Waals surface area contributed by atoms with Crippen molar-refractivity contribution in [2.45, 2.75) is 32.1 Å². The van der Waals surface area contributed by atoms with Crippen LogP contribution in [0.3, 0.4) is 0 Å². The molecule has 0 unspecified atom stereocenters.